The number of rotatable bonds is 7. The molecule has 1 aromatic carbocycles. The number of aliphatic hydroxyl groups is 1. The van der Waals surface area contributed by atoms with Crippen LogP contribution in [0.1, 0.15) is 31.0 Å². The molecule has 0 spiro atoms. The van der Waals surface area contributed by atoms with Gasteiger partial charge in [-0.15, -0.1) is 0 Å². The first-order chi connectivity index (χ1) is 13.9. The highest BCUT2D eigenvalue weighted by atomic mass is 19.1. The molecule has 8 heteroatoms. The fourth-order valence-corrected chi connectivity index (χ4v) is 2.92. The Bertz CT molecular complexity index is 963. The molecule has 3 N–H and O–H groups in total. The Balaban J connectivity index is 1.68. The Morgan fingerprint density at radius 1 is 1.34 bits per heavy atom. The molecule has 0 aliphatic rings. The molecule has 0 saturated carbocycles. The van der Waals surface area contributed by atoms with Crippen molar-refractivity contribution in [3.63, 3.8) is 0 Å². The summed E-state index contributed by atoms with van der Waals surface area (Å²) in [5, 5.41) is 16.8. The number of guanidine groups is 1. The van der Waals surface area contributed by atoms with Crippen molar-refractivity contribution in [2.24, 2.45) is 4.99 Å². The third kappa shape index (κ3) is 5.03. The maximum atomic E-state index is 14.6. The molecule has 0 bridgehead atoms. The standard InChI is InChI=1S/C21H26FN5O2/c1-4-23-20(26-14-21(3,28)19-6-5-11-29-19)25-13-16-7-8-18(17(22)12-16)27-10-9-24-15(27)2/h5-12,28H,4,13-14H2,1-3H3,(H2,23,25,26). The summed E-state index contributed by atoms with van der Waals surface area (Å²) in [7, 11) is 0. The summed E-state index contributed by atoms with van der Waals surface area (Å²) in [6.07, 6.45) is 4.88. The highest BCUT2D eigenvalue weighted by Crippen LogP contribution is 2.20. The van der Waals surface area contributed by atoms with Crippen LogP contribution in [0.5, 0.6) is 0 Å². The topological polar surface area (TPSA) is 87.6 Å². The van der Waals surface area contributed by atoms with E-state index in [0.717, 1.165) is 11.4 Å². The molecule has 3 rings (SSSR count). The lowest BCUT2D eigenvalue weighted by atomic mass is 10.0. The van der Waals surface area contributed by atoms with Crippen LogP contribution in [0.2, 0.25) is 0 Å². The molecule has 0 fully saturated rings. The van der Waals surface area contributed by atoms with Crippen molar-refractivity contribution in [1.29, 1.82) is 0 Å². The second-order valence-electron chi connectivity index (χ2n) is 6.93. The van der Waals surface area contributed by atoms with E-state index in [0.29, 0.717) is 30.5 Å². The van der Waals surface area contributed by atoms with Gasteiger partial charge in [0.15, 0.2) is 5.96 Å². The van der Waals surface area contributed by atoms with Gasteiger partial charge in [-0.1, -0.05) is 6.07 Å². The molecule has 0 radical (unpaired) electrons. The second kappa shape index (κ2) is 8.91. The van der Waals surface area contributed by atoms with Crippen molar-refractivity contribution in [2.75, 3.05) is 13.1 Å². The number of halogens is 1. The molecule has 154 valence electrons. The summed E-state index contributed by atoms with van der Waals surface area (Å²) >= 11 is 0. The van der Waals surface area contributed by atoms with Gasteiger partial charge in [0.2, 0.25) is 0 Å². The second-order valence-corrected chi connectivity index (χ2v) is 6.93. The predicted octanol–water partition coefficient (Wildman–Crippen LogP) is 2.88. The average molecular weight is 399 g/mol. The normalized spacial score (nSPS) is 13.9. The molecule has 2 aromatic heterocycles. The minimum Gasteiger partial charge on any atom is -0.466 e. The fourth-order valence-electron chi connectivity index (χ4n) is 2.92. The molecule has 1 unspecified atom stereocenters. The summed E-state index contributed by atoms with van der Waals surface area (Å²) in [5.41, 5.74) is 0.00195. The molecular formula is C21H26FN5O2. The minimum absolute atomic E-state index is 0.208. The van der Waals surface area contributed by atoms with Crippen LogP contribution in [-0.4, -0.2) is 33.7 Å². The van der Waals surface area contributed by atoms with E-state index < -0.39 is 5.60 Å². The third-order valence-electron chi connectivity index (χ3n) is 4.51. The molecule has 29 heavy (non-hydrogen) atoms. The van der Waals surface area contributed by atoms with Gasteiger partial charge < -0.3 is 24.7 Å². The third-order valence-corrected chi connectivity index (χ3v) is 4.51. The molecule has 0 aliphatic heterocycles. The molecule has 1 atom stereocenters. The number of aliphatic imine (C=N–C) groups is 1. The van der Waals surface area contributed by atoms with Crippen LogP contribution in [0.15, 0.2) is 58.4 Å². The zero-order chi connectivity index (χ0) is 20.9. The number of hydrogen-bond acceptors (Lipinski definition) is 4. The molecular weight excluding hydrogens is 373 g/mol. The van der Waals surface area contributed by atoms with E-state index in [1.165, 1.54) is 12.3 Å². The predicted molar refractivity (Wildman–Crippen MR) is 109 cm³/mol. The molecule has 0 amide bonds. The maximum absolute atomic E-state index is 14.6. The first-order valence-corrected chi connectivity index (χ1v) is 9.48. The Morgan fingerprint density at radius 2 is 2.17 bits per heavy atom. The monoisotopic (exact) mass is 399 g/mol. The van der Waals surface area contributed by atoms with Crippen LogP contribution in [0.4, 0.5) is 4.39 Å². The molecule has 2 heterocycles. The first-order valence-electron chi connectivity index (χ1n) is 9.48. The number of imidazole rings is 1. The summed E-state index contributed by atoms with van der Waals surface area (Å²) in [6, 6.07) is 8.48. The van der Waals surface area contributed by atoms with E-state index in [4.69, 9.17) is 4.42 Å². The van der Waals surface area contributed by atoms with E-state index in [1.807, 2.05) is 19.9 Å². The van der Waals surface area contributed by atoms with Crippen molar-refractivity contribution in [2.45, 2.75) is 32.9 Å². The number of nitrogens with zero attached hydrogens (tertiary/aromatic N) is 3. The van der Waals surface area contributed by atoms with E-state index in [1.54, 1.807) is 42.1 Å². The van der Waals surface area contributed by atoms with Gasteiger partial charge in [-0.25, -0.2) is 14.4 Å². The van der Waals surface area contributed by atoms with E-state index in [9.17, 15) is 9.50 Å². The molecule has 0 saturated heterocycles. The van der Waals surface area contributed by atoms with E-state index in [2.05, 4.69) is 20.6 Å². The maximum Gasteiger partial charge on any atom is 0.191 e. The highest BCUT2D eigenvalue weighted by Gasteiger charge is 2.26. The van der Waals surface area contributed by atoms with Gasteiger partial charge in [-0.05, 0) is 50.6 Å². The number of aromatic nitrogens is 2. The van der Waals surface area contributed by atoms with Gasteiger partial charge >= 0.3 is 0 Å². The lowest BCUT2D eigenvalue weighted by Crippen LogP contribution is -2.44. The van der Waals surface area contributed by atoms with Crippen LogP contribution >= 0.6 is 0 Å². The molecule has 3 aromatic rings. The Hall–Kier alpha value is -3.13. The summed E-state index contributed by atoms with van der Waals surface area (Å²) < 4.78 is 21.5. The minimum atomic E-state index is -1.18. The van der Waals surface area contributed by atoms with Crippen LogP contribution in [-0.2, 0) is 12.1 Å². The Morgan fingerprint density at radius 3 is 2.79 bits per heavy atom. The van der Waals surface area contributed by atoms with Crippen LogP contribution < -0.4 is 10.6 Å². The van der Waals surface area contributed by atoms with Gasteiger partial charge in [0, 0.05) is 18.9 Å². The van der Waals surface area contributed by atoms with Crippen molar-refractivity contribution < 1.29 is 13.9 Å². The lowest BCUT2D eigenvalue weighted by Gasteiger charge is -2.22. The zero-order valence-corrected chi connectivity index (χ0v) is 16.8. The van der Waals surface area contributed by atoms with Crippen molar-refractivity contribution >= 4 is 5.96 Å². The number of nitrogens with one attached hydrogen (secondary N) is 2. The lowest BCUT2D eigenvalue weighted by molar-refractivity contribution is 0.0386. The number of hydrogen-bond donors (Lipinski definition) is 3. The summed E-state index contributed by atoms with van der Waals surface area (Å²) in [5.74, 6) is 1.37. The van der Waals surface area contributed by atoms with Gasteiger partial charge in [-0.3, -0.25) is 0 Å². The number of benzene rings is 1. The SMILES string of the molecule is CCNC(=NCc1ccc(-n2ccnc2C)c(F)c1)NCC(C)(O)c1ccco1. The first kappa shape index (κ1) is 20.6. The Kier molecular flexibility index (Phi) is 6.33. The summed E-state index contributed by atoms with van der Waals surface area (Å²) in [4.78, 5) is 8.61. The quantitative estimate of drug-likeness (QED) is 0.420. The fraction of sp³-hybridized carbons (Fsp3) is 0.333. The van der Waals surface area contributed by atoms with Crippen molar-refractivity contribution in [1.82, 2.24) is 20.2 Å². The molecule has 7 nitrogen and oxygen atoms in total. The smallest absolute Gasteiger partial charge is 0.191 e. The summed E-state index contributed by atoms with van der Waals surface area (Å²) in [6.45, 7) is 6.59. The number of aryl methyl sites for hydroxylation is 1. The van der Waals surface area contributed by atoms with E-state index in [-0.39, 0.29) is 12.4 Å². The van der Waals surface area contributed by atoms with Crippen molar-refractivity contribution in [3.05, 3.63) is 72.0 Å². The highest BCUT2D eigenvalue weighted by molar-refractivity contribution is 5.79. The van der Waals surface area contributed by atoms with Crippen LogP contribution in [0.3, 0.4) is 0 Å². The van der Waals surface area contributed by atoms with Crippen molar-refractivity contribution in [3.8, 4) is 5.69 Å². The van der Waals surface area contributed by atoms with Gasteiger partial charge in [-0.2, -0.15) is 0 Å². The van der Waals surface area contributed by atoms with Gasteiger partial charge in [0.05, 0.1) is 25.0 Å². The van der Waals surface area contributed by atoms with E-state index >= 15 is 0 Å². The molecule has 0 aliphatic carbocycles. The largest absolute Gasteiger partial charge is 0.466 e. The zero-order valence-electron chi connectivity index (χ0n) is 16.8. The average Bonchev–Trinajstić information content (AvgIpc) is 3.37. The van der Waals surface area contributed by atoms with Gasteiger partial charge in [0.25, 0.3) is 0 Å². The van der Waals surface area contributed by atoms with Crippen LogP contribution in [0, 0.1) is 12.7 Å². The van der Waals surface area contributed by atoms with Crippen LogP contribution in [0.25, 0.3) is 5.69 Å². The van der Waals surface area contributed by atoms with Gasteiger partial charge in [0.1, 0.15) is 23.0 Å². The number of furan rings is 1. The Labute approximate surface area is 169 Å².